The zero-order chi connectivity index (χ0) is 12.1. The molecule has 0 aliphatic rings. The van der Waals surface area contributed by atoms with Gasteiger partial charge < -0.3 is 5.32 Å². The first-order chi connectivity index (χ1) is 8.24. The molecule has 1 amide bonds. The minimum absolute atomic E-state index is 0.113. The second-order valence-corrected chi connectivity index (χ2v) is 3.77. The fourth-order valence-corrected chi connectivity index (χ4v) is 1.36. The van der Waals surface area contributed by atoms with Crippen LogP contribution in [0.3, 0.4) is 0 Å². The van der Waals surface area contributed by atoms with E-state index in [4.69, 9.17) is 0 Å². The third-order valence-corrected chi connectivity index (χ3v) is 2.31. The van der Waals surface area contributed by atoms with E-state index in [1.807, 2.05) is 31.2 Å². The fraction of sp³-hybridized carbons (Fsp3) is 0.273. The molecule has 0 fully saturated rings. The number of tetrazole rings is 1. The van der Waals surface area contributed by atoms with Gasteiger partial charge in [-0.1, -0.05) is 29.8 Å². The van der Waals surface area contributed by atoms with Crippen molar-refractivity contribution >= 4 is 5.91 Å². The summed E-state index contributed by atoms with van der Waals surface area (Å²) in [5.41, 5.74) is 2.27. The molecular formula is C11H13N5O. The van der Waals surface area contributed by atoms with E-state index >= 15 is 0 Å². The number of benzene rings is 1. The molecule has 0 aliphatic carbocycles. The van der Waals surface area contributed by atoms with Crippen LogP contribution in [-0.4, -0.2) is 26.1 Å². The zero-order valence-electron chi connectivity index (χ0n) is 9.50. The molecule has 0 spiro atoms. The normalized spacial score (nSPS) is 10.2. The zero-order valence-corrected chi connectivity index (χ0v) is 9.50. The molecule has 1 N–H and O–H groups in total. The molecule has 2 aromatic rings. The minimum atomic E-state index is -0.113. The lowest BCUT2D eigenvalue weighted by molar-refractivity contribution is -0.122. The third kappa shape index (κ3) is 3.37. The third-order valence-electron chi connectivity index (χ3n) is 2.31. The number of aromatic nitrogens is 4. The Morgan fingerprint density at radius 3 is 2.76 bits per heavy atom. The Morgan fingerprint density at radius 2 is 2.12 bits per heavy atom. The van der Waals surface area contributed by atoms with Crippen molar-refractivity contribution < 1.29 is 4.79 Å². The van der Waals surface area contributed by atoms with Crippen LogP contribution in [0.4, 0.5) is 0 Å². The Kier molecular flexibility index (Phi) is 3.44. The highest BCUT2D eigenvalue weighted by Crippen LogP contribution is 2.02. The lowest BCUT2D eigenvalue weighted by Gasteiger charge is -2.05. The van der Waals surface area contributed by atoms with Gasteiger partial charge in [0.15, 0.2) is 0 Å². The molecule has 0 aliphatic heterocycles. The van der Waals surface area contributed by atoms with E-state index in [0.29, 0.717) is 6.54 Å². The van der Waals surface area contributed by atoms with Crippen molar-refractivity contribution in [3.8, 4) is 0 Å². The van der Waals surface area contributed by atoms with Crippen molar-refractivity contribution in [2.24, 2.45) is 0 Å². The Hall–Kier alpha value is -2.24. The van der Waals surface area contributed by atoms with Gasteiger partial charge in [0.2, 0.25) is 5.91 Å². The Bertz CT molecular complexity index is 477. The summed E-state index contributed by atoms with van der Waals surface area (Å²) in [6.45, 7) is 2.68. The van der Waals surface area contributed by atoms with Crippen molar-refractivity contribution in [1.29, 1.82) is 0 Å². The van der Waals surface area contributed by atoms with Crippen LogP contribution in [0, 0.1) is 6.92 Å². The van der Waals surface area contributed by atoms with Gasteiger partial charge >= 0.3 is 0 Å². The molecule has 88 valence electrons. The van der Waals surface area contributed by atoms with Crippen molar-refractivity contribution in [2.45, 2.75) is 20.0 Å². The van der Waals surface area contributed by atoms with E-state index in [1.165, 1.54) is 16.6 Å². The second-order valence-electron chi connectivity index (χ2n) is 3.77. The highest BCUT2D eigenvalue weighted by atomic mass is 16.2. The van der Waals surface area contributed by atoms with E-state index < -0.39 is 0 Å². The summed E-state index contributed by atoms with van der Waals surface area (Å²) in [5.74, 6) is -0.113. The molecule has 17 heavy (non-hydrogen) atoms. The maximum absolute atomic E-state index is 11.5. The van der Waals surface area contributed by atoms with E-state index in [1.54, 1.807) is 0 Å². The average molecular weight is 231 g/mol. The van der Waals surface area contributed by atoms with Crippen LogP contribution >= 0.6 is 0 Å². The number of rotatable bonds is 4. The molecule has 2 rings (SSSR count). The van der Waals surface area contributed by atoms with Gasteiger partial charge in [-0.2, -0.15) is 0 Å². The van der Waals surface area contributed by atoms with Crippen LogP contribution in [0.25, 0.3) is 0 Å². The van der Waals surface area contributed by atoms with Crippen LogP contribution in [0.1, 0.15) is 11.1 Å². The van der Waals surface area contributed by atoms with E-state index in [0.717, 1.165) is 5.56 Å². The fourth-order valence-electron chi connectivity index (χ4n) is 1.36. The molecule has 0 atom stereocenters. The number of aryl methyl sites for hydroxylation is 1. The molecular weight excluding hydrogens is 218 g/mol. The lowest BCUT2D eigenvalue weighted by Crippen LogP contribution is -2.27. The standard InChI is InChI=1S/C11H13N5O/c1-9-2-4-10(5-3-9)6-12-11(17)7-16-8-13-14-15-16/h2-5,8H,6-7H2,1H3,(H,12,17). The maximum Gasteiger partial charge on any atom is 0.242 e. The largest absolute Gasteiger partial charge is 0.350 e. The van der Waals surface area contributed by atoms with Gasteiger partial charge in [0.25, 0.3) is 0 Å². The molecule has 6 nitrogen and oxygen atoms in total. The second kappa shape index (κ2) is 5.20. The minimum Gasteiger partial charge on any atom is -0.350 e. The maximum atomic E-state index is 11.5. The van der Waals surface area contributed by atoms with E-state index in [-0.39, 0.29) is 12.5 Å². The summed E-state index contributed by atoms with van der Waals surface area (Å²) >= 11 is 0. The number of hydrogen-bond acceptors (Lipinski definition) is 4. The van der Waals surface area contributed by atoms with E-state index in [2.05, 4.69) is 20.8 Å². The molecule has 0 saturated heterocycles. The molecule has 0 unspecified atom stereocenters. The Morgan fingerprint density at radius 1 is 1.35 bits per heavy atom. The first-order valence-corrected chi connectivity index (χ1v) is 5.27. The van der Waals surface area contributed by atoms with Crippen molar-refractivity contribution in [3.05, 3.63) is 41.7 Å². The number of nitrogens with one attached hydrogen (secondary N) is 1. The quantitative estimate of drug-likeness (QED) is 0.821. The topological polar surface area (TPSA) is 72.7 Å². The van der Waals surface area contributed by atoms with Gasteiger partial charge in [0, 0.05) is 6.54 Å². The number of carbonyl (C=O) groups is 1. The molecule has 1 aromatic heterocycles. The van der Waals surface area contributed by atoms with E-state index in [9.17, 15) is 4.79 Å². The summed E-state index contributed by atoms with van der Waals surface area (Å²) in [4.78, 5) is 11.5. The van der Waals surface area contributed by atoms with Crippen molar-refractivity contribution in [1.82, 2.24) is 25.5 Å². The summed E-state index contributed by atoms with van der Waals surface area (Å²) < 4.78 is 1.38. The number of carbonyl (C=O) groups excluding carboxylic acids is 1. The SMILES string of the molecule is Cc1ccc(CNC(=O)Cn2cnnn2)cc1. The monoisotopic (exact) mass is 231 g/mol. The molecule has 6 heteroatoms. The van der Waals surface area contributed by atoms with Crippen LogP contribution in [0.15, 0.2) is 30.6 Å². The number of hydrogen-bond donors (Lipinski definition) is 1. The smallest absolute Gasteiger partial charge is 0.242 e. The van der Waals surface area contributed by atoms with Gasteiger partial charge in [-0.05, 0) is 22.9 Å². The molecule has 0 saturated carbocycles. The van der Waals surface area contributed by atoms with Gasteiger partial charge in [-0.25, -0.2) is 4.68 Å². The van der Waals surface area contributed by atoms with Gasteiger partial charge in [0.05, 0.1) is 0 Å². The molecule has 1 heterocycles. The number of nitrogens with zero attached hydrogens (tertiary/aromatic N) is 4. The van der Waals surface area contributed by atoms with Gasteiger partial charge in [-0.3, -0.25) is 4.79 Å². The molecule has 1 aromatic carbocycles. The lowest BCUT2D eigenvalue weighted by atomic mass is 10.1. The molecule has 0 radical (unpaired) electrons. The van der Waals surface area contributed by atoms with Crippen molar-refractivity contribution in [3.63, 3.8) is 0 Å². The van der Waals surface area contributed by atoms with Gasteiger partial charge in [0.1, 0.15) is 12.9 Å². The summed E-state index contributed by atoms with van der Waals surface area (Å²) in [7, 11) is 0. The first-order valence-electron chi connectivity index (χ1n) is 5.27. The summed E-state index contributed by atoms with van der Waals surface area (Å²) in [5, 5.41) is 13.3. The highest BCUT2D eigenvalue weighted by molar-refractivity contribution is 5.75. The Balaban J connectivity index is 1.82. The first kappa shape index (κ1) is 11.3. The van der Waals surface area contributed by atoms with Crippen LogP contribution in [-0.2, 0) is 17.9 Å². The molecule has 0 bridgehead atoms. The van der Waals surface area contributed by atoms with Crippen LogP contribution in [0.5, 0.6) is 0 Å². The highest BCUT2D eigenvalue weighted by Gasteiger charge is 2.03. The summed E-state index contributed by atoms with van der Waals surface area (Å²) in [6.07, 6.45) is 1.41. The van der Waals surface area contributed by atoms with Gasteiger partial charge in [-0.15, -0.1) is 5.10 Å². The Labute approximate surface area is 98.6 Å². The van der Waals surface area contributed by atoms with Crippen molar-refractivity contribution in [2.75, 3.05) is 0 Å². The summed E-state index contributed by atoms with van der Waals surface area (Å²) in [6, 6.07) is 8.02. The van der Waals surface area contributed by atoms with Crippen LogP contribution < -0.4 is 5.32 Å². The average Bonchev–Trinajstić information content (AvgIpc) is 2.81. The predicted octanol–water partition coefficient (Wildman–Crippen LogP) is 0.298. The predicted molar refractivity (Wildman–Crippen MR) is 60.8 cm³/mol. The number of amides is 1. The van der Waals surface area contributed by atoms with Crippen LogP contribution in [0.2, 0.25) is 0 Å².